The third kappa shape index (κ3) is 3.93. The van der Waals surface area contributed by atoms with Gasteiger partial charge in [-0.3, -0.25) is 9.69 Å². The van der Waals surface area contributed by atoms with E-state index in [0.717, 1.165) is 28.3 Å². The first-order valence-corrected chi connectivity index (χ1v) is 10.2. The standard InChI is InChI=1S/C22H16ClNOS2/c23-18-10-8-15(9-11-18)12-13-24-21(25)20(27-22(24)26)14-17-6-3-5-16-4-1-2-7-19(16)17/h1-11,14H,12-13H2/b20-14+. The third-order valence-electron chi connectivity index (χ3n) is 4.52. The summed E-state index contributed by atoms with van der Waals surface area (Å²) >= 11 is 12.7. The van der Waals surface area contributed by atoms with E-state index in [0.29, 0.717) is 20.8 Å². The smallest absolute Gasteiger partial charge is 0.266 e. The van der Waals surface area contributed by atoms with Gasteiger partial charge in [-0.2, -0.15) is 0 Å². The maximum Gasteiger partial charge on any atom is 0.266 e. The molecule has 1 saturated heterocycles. The first kappa shape index (κ1) is 18.2. The second-order valence-corrected chi connectivity index (χ2v) is 8.39. The molecule has 1 aliphatic heterocycles. The van der Waals surface area contributed by atoms with Crippen LogP contribution in [0, 0.1) is 0 Å². The number of thiocarbonyl (C=S) groups is 1. The topological polar surface area (TPSA) is 20.3 Å². The van der Waals surface area contributed by atoms with Crippen LogP contribution < -0.4 is 0 Å². The molecule has 0 aliphatic carbocycles. The molecule has 3 aromatic rings. The Bertz CT molecular complexity index is 1050. The second-order valence-electron chi connectivity index (χ2n) is 6.28. The molecule has 27 heavy (non-hydrogen) atoms. The first-order chi connectivity index (χ1) is 13.1. The lowest BCUT2D eigenvalue weighted by molar-refractivity contribution is -0.122. The fourth-order valence-electron chi connectivity index (χ4n) is 3.10. The van der Waals surface area contributed by atoms with Crippen molar-refractivity contribution in [2.24, 2.45) is 0 Å². The fourth-order valence-corrected chi connectivity index (χ4v) is 4.53. The molecule has 0 bridgehead atoms. The Morgan fingerprint density at radius 2 is 1.74 bits per heavy atom. The summed E-state index contributed by atoms with van der Waals surface area (Å²) in [7, 11) is 0. The van der Waals surface area contributed by atoms with E-state index < -0.39 is 0 Å². The summed E-state index contributed by atoms with van der Waals surface area (Å²) in [4.78, 5) is 15.2. The maximum atomic E-state index is 12.9. The summed E-state index contributed by atoms with van der Waals surface area (Å²) in [6.07, 6.45) is 2.69. The summed E-state index contributed by atoms with van der Waals surface area (Å²) in [6.45, 7) is 0.569. The molecule has 4 rings (SSSR count). The summed E-state index contributed by atoms with van der Waals surface area (Å²) in [5, 5.41) is 3.00. The van der Waals surface area contributed by atoms with Gasteiger partial charge in [0.2, 0.25) is 0 Å². The zero-order valence-corrected chi connectivity index (χ0v) is 16.8. The van der Waals surface area contributed by atoms with Crippen LogP contribution in [0.15, 0.2) is 71.6 Å². The Kier molecular flexibility index (Phi) is 5.30. The monoisotopic (exact) mass is 409 g/mol. The van der Waals surface area contributed by atoms with Crippen LogP contribution in [0.1, 0.15) is 11.1 Å². The van der Waals surface area contributed by atoms with E-state index in [4.69, 9.17) is 23.8 Å². The number of amides is 1. The van der Waals surface area contributed by atoms with Crippen molar-refractivity contribution in [1.29, 1.82) is 0 Å². The minimum Gasteiger partial charge on any atom is -0.293 e. The Labute approximate surface area is 172 Å². The molecule has 0 radical (unpaired) electrons. The number of carbonyl (C=O) groups is 1. The van der Waals surface area contributed by atoms with Gasteiger partial charge in [0.1, 0.15) is 4.32 Å². The van der Waals surface area contributed by atoms with Crippen LogP contribution in [0.2, 0.25) is 5.02 Å². The largest absolute Gasteiger partial charge is 0.293 e. The molecule has 0 spiro atoms. The number of thioether (sulfide) groups is 1. The van der Waals surface area contributed by atoms with Crippen molar-refractivity contribution in [2.45, 2.75) is 6.42 Å². The van der Waals surface area contributed by atoms with Gasteiger partial charge in [0, 0.05) is 11.6 Å². The minimum absolute atomic E-state index is 0.0214. The highest BCUT2D eigenvalue weighted by atomic mass is 35.5. The van der Waals surface area contributed by atoms with Gasteiger partial charge in [0.15, 0.2) is 0 Å². The third-order valence-corrected chi connectivity index (χ3v) is 6.15. The Balaban J connectivity index is 1.55. The molecule has 134 valence electrons. The van der Waals surface area contributed by atoms with Gasteiger partial charge in [-0.25, -0.2) is 0 Å². The quantitative estimate of drug-likeness (QED) is 0.393. The van der Waals surface area contributed by atoms with Crippen LogP contribution in [-0.4, -0.2) is 21.7 Å². The van der Waals surface area contributed by atoms with Crippen LogP contribution in [0.25, 0.3) is 16.8 Å². The van der Waals surface area contributed by atoms with Gasteiger partial charge in [0.25, 0.3) is 5.91 Å². The first-order valence-electron chi connectivity index (χ1n) is 8.59. The van der Waals surface area contributed by atoms with Crippen LogP contribution in [-0.2, 0) is 11.2 Å². The molecule has 0 N–H and O–H groups in total. The van der Waals surface area contributed by atoms with Crippen molar-refractivity contribution < 1.29 is 4.79 Å². The Morgan fingerprint density at radius 3 is 2.56 bits per heavy atom. The van der Waals surface area contributed by atoms with Crippen molar-refractivity contribution in [1.82, 2.24) is 4.90 Å². The summed E-state index contributed by atoms with van der Waals surface area (Å²) in [5.41, 5.74) is 2.16. The number of nitrogens with zero attached hydrogens (tertiary/aromatic N) is 1. The molecule has 2 nitrogen and oxygen atoms in total. The number of rotatable bonds is 4. The SMILES string of the molecule is O=C1/C(=C\c2cccc3ccccc23)SC(=S)N1CCc1ccc(Cl)cc1. The zero-order valence-electron chi connectivity index (χ0n) is 14.4. The molecule has 0 aromatic heterocycles. The Hall–Kier alpha value is -2.14. The van der Waals surface area contributed by atoms with Gasteiger partial charge in [-0.1, -0.05) is 90.2 Å². The number of hydrogen-bond donors (Lipinski definition) is 0. The molecule has 5 heteroatoms. The lowest BCUT2D eigenvalue weighted by Gasteiger charge is -2.14. The van der Waals surface area contributed by atoms with Crippen molar-refractivity contribution >= 4 is 62.7 Å². The molecule has 1 fully saturated rings. The number of halogens is 1. The highest BCUT2D eigenvalue weighted by Gasteiger charge is 2.31. The molecule has 3 aromatic carbocycles. The average molecular weight is 410 g/mol. The van der Waals surface area contributed by atoms with Crippen molar-refractivity contribution in [2.75, 3.05) is 6.54 Å². The summed E-state index contributed by atoms with van der Waals surface area (Å²) in [5.74, 6) is -0.0214. The lowest BCUT2D eigenvalue weighted by atomic mass is 10.0. The molecular weight excluding hydrogens is 394 g/mol. The van der Waals surface area contributed by atoms with E-state index in [9.17, 15) is 4.79 Å². The normalized spacial score (nSPS) is 15.9. The van der Waals surface area contributed by atoms with Gasteiger partial charge in [0.05, 0.1) is 4.91 Å². The van der Waals surface area contributed by atoms with Crippen molar-refractivity contribution in [3.63, 3.8) is 0 Å². The molecule has 1 amide bonds. The Morgan fingerprint density at radius 1 is 1.00 bits per heavy atom. The zero-order chi connectivity index (χ0) is 18.8. The van der Waals surface area contributed by atoms with E-state index in [1.165, 1.54) is 11.8 Å². The number of benzene rings is 3. The maximum absolute atomic E-state index is 12.9. The van der Waals surface area contributed by atoms with E-state index >= 15 is 0 Å². The predicted molar refractivity (Wildman–Crippen MR) is 119 cm³/mol. The summed E-state index contributed by atoms with van der Waals surface area (Å²) < 4.78 is 0.612. The second kappa shape index (κ2) is 7.85. The molecule has 1 heterocycles. The summed E-state index contributed by atoms with van der Waals surface area (Å²) in [6, 6.07) is 22.0. The van der Waals surface area contributed by atoms with E-state index in [-0.39, 0.29) is 5.91 Å². The van der Waals surface area contributed by atoms with Gasteiger partial charge < -0.3 is 0 Å². The number of hydrogen-bond acceptors (Lipinski definition) is 3. The van der Waals surface area contributed by atoms with Crippen molar-refractivity contribution in [3.05, 3.63) is 87.8 Å². The number of carbonyl (C=O) groups excluding carboxylic acids is 1. The fraction of sp³-hybridized carbons (Fsp3) is 0.0909. The van der Waals surface area contributed by atoms with Crippen molar-refractivity contribution in [3.8, 4) is 0 Å². The molecule has 1 aliphatic rings. The van der Waals surface area contributed by atoms with E-state index in [2.05, 4.69) is 18.2 Å². The average Bonchev–Trinajstić information content (AvgIpc) is 2.95. The van der Waals surface area contributed by atoms with Gasteiger partial charge >= 0.3 is 0 Å². The minimum atomic E-state index is -0.0214. The van der Waals surface area contributed by atoms with Crippen LogP contribution in [0.4, 0.5) is 0 Å². The van der Waals surface area contributed by atoms with Gasteiger partial charge in [-0.05, 0) is 46.5 Å². The molecule has 0 unspecified atom stereocenters. The van der Waals surface area contributed by atoms with Gasteiger partial charge in [-0.15, -0.1) is 0 Å². The van der Waals surface area contributed by atoms with E-state index in [1.807, 2.05) is 54.6 Å². The molecule has 0 saturated carbocycles. The van der Waals surface area contributed by atoms with Crippen LogP contribution in [0.5, 0.6) is 0 Å². The highest BCUT2D eigenvalue weighted by molar-refractivity contribution is 8.26. The predicted octanol–water partition coefficient (Wildman–Crippen LogP) is 5.94. The number of fused-ring (bicyclic) bond motifs is 1. The van der Waals surface area contributed by atoms with Crippen LogP contribution >= 0.6 is 35.6 Å². The highest BCUT2D eigenvalue weighted by Crippen LogP contribution is 2.34. The molecular formula is C22H16ClNOS2. The lowest BCUT2D eigenvalue weighted by Crippen LogP contribution is -2.30. The molecule has 0 atom stereocenters. The van der Waals surface area contributed by atoms with E-state index in [1.54, 1.807) is 4.90 Å². The van der Waals surface area contributed by atoms with Crippen LogP contribution in [0.3, 0.4) is 0 Å².